The Kier molecular flexibility index (Phi) is 6.83. The number of thioether (sulfide) groups is 1. The predicted octanol–water partition coefficient (Wildman–Crippen LogP) is 4.06. The maximum atomic E-state index is 12.4. The molecule has 0 aliphatic carbocycles. The maximum Gasteiger partial charge on any atom is 0.225 e. The van der Waals surface area contributed by atoms with Crippen molar-refractivity contribution in [2.45, 2.75) is 24.6 Å². The molecule has 28 heavy (non-hydrogen) atoms. The van der Waals surface area contributed by atoms with E-state index in [9.17, 15) is 4.79 Å². The van der Waals surface area contributed by atoms with Gasteiger partial charge in [-0.1, -0.05) is 47.4 Å². The van der Waals surface area contributed by atoms with Crippen molar-refractivity contribution in [1.82, 2.24) is 20.0 Å². The molecule has 7 nitrogen and oxygen atoms in total. The van der Waals surface area contributed by atoms with Crippen LogP contribution < -0.4 is 10.6 Å². The Labute approximate surface area is 172 Å². The fourth-order valence-corrected chi connectivity index (χ4v) is 4.34. The van der Waals surface area contributed by atoms with Crippen molar-refractivity contribution in [3.63, 3.8) is 0 Å². The smallest absolute Gasteiger partial charge is 0.225 e. The summed E-state index contributed by atoms with van der Waals surface area (Å²) in [6.45, 7) is 8.16. The fourth-order valence-electron chi connectivity index (χ4n) is 2.58. The van der Waals surface area contributed by atoms with Crippen LogP contribution in [0.2, 0.25) is 0 Å². The Balaban J connectivity index is 1.54. The van der Waals surface area contributed by atoms with Crippen molar-refractivity contribution >= 4 is 39.8 Å². The molecular formula is C19H22N6OS2. The number of para-hydroxylation sites is 1. The lowest BCUT2D eigenvalue weighted by Crippen LogP contribution is -2.13. The molecule has 0 bridgehead atoms. The zero-order valence-corrected chi connectivity index (χ0v) is 17.4. The first-order chi connectivity index (χ1) is 13.6. The van der Waals surface area contributed by atoms with Crippen LogP contribution in [0.1, 0.15) is 17.8 Å². The highest BCUT2D eigenvalue weighted by molar-refractivity contribution is 8.01. The number of nitrogens with one attached hydrogen (secondary N) is 2. The van der Waals surface area contributed by atoms with Gasteiger partial charge in [0.1, 0.15) is 0 Å². The predicted molar refractivity (Wildman–Crippen MR) is 116 cm³/mol. The molecule has 0 fully saturated rings. The van der Waals surface area contributed by atoms with Crippen molar-refractivity contribution in [3.05, 3.63) is 54.4 Å². The second kappa shape index (κ2) is 9.52. The second-order valence-corrected chi connectivity index (χ2v) is 8.30. The largest absolute Gasteiger partial charge is 0.357 e. The highest BCUT2D eigenvalue weighted by Gasteiger charge is 2.15. The molecule has 9 heteroatoms. The fraction of sp³-hybridized carbons (Fsp3) is 0.263. The molecule has 0 radical (unpaired) electrons. The van der Waals surface area contributed by atoms with Crippen LogP contribution in [0, 0.1) is 13.8 Å². The molecule has 2 N–H and O–H groups in total. The number of hydrogen-bond donors (Lipinski definition) is 2. The van der Waals surface area contributed by atoms with Crippen LogP contribution in [-0.4, -0.2) is 38.2 Å². The molecular weight excluding hydrogens is 392 g/mol. The lowest BCUT2D eigenvalue weighted by Gasteiger charge is -2.07. The van der Waals surface area contributed by atoms with Gasteiger partial charge in [-0.05, 0) is 26.0 Å². The number of carbonyl (C=O) groups is 1. The van der Waals surface area contributed by atoms with Gasteiger partial charge in [-0.3, -0.25) is 4.79 Å². The van der Waals surface area contributed by atoms with Crippen LogP contribution in [-0.2, 0) is 4.79 Å². The zero-order valence-electron chi connectivity index (χ0n) is 15.8. The average molecular weight is 415 g/mol. The highest BCUT2D eigenvalue weighted by Crippen LogP contribution is 2.26. The summed E-state index contributed by atoms with van der Waals surface area (Å²) in [5.41, 5.74) is 3.44. The maximum absolute atomic E-state index is 12.4. The summed E-state index contributed by atoms with van der Waals surface area (Å²) in [6.07, 6.45) is 2.15. The minimum atomic E-state index is -0.0409. The molecule has 0 unspecified atom stereocenters. The first kappa shape index (κ1) is 20.1. The third kappa shape index (κ3) is 4.99. The van der Waals surface area contributed by atoms with E-state index in [4.69, 9.17) is 0 Å². The molecule has 2 heterocycles. The quantitative estimate of drug-likeness (QED) is 0.406. The number of amides is 1. The van der Waals surface area contributed by atoms with Gasteiger partial charge >= 0.3 is 0 Å². The minimum Gasteiger partial charge on any atom is -0.357 e. The summed E-state index contributed by atoms with van der Waals surface area (Å²) in [4.78, 5) is 12.4. The lowest BCUT2D eigenvalue weighted by molar-refractivity contribution is -0.115. The number of carbonyl (C=O) groups excluding carboxylic acids is 1. The third-order valence-corrected chi connectivity index (χ3v) is 5.93. The van der Waals surface area contributed by atoms with Crippen molar-refractivity contribution < 1.29 is 4.79 Å². The Bertz CT molecular complexity index is 951. The van der Waals surface area contributed by atoms with E-state index in [1.54, 1.807) is 6.08 Å². The number of benzene rings is 1. The first-order valence-corrected chi connectivity index (χ1v) is 10.6. The summed E-state index contributed by atoms with van der Waals surface area (Å²) in [5, 5.41) is 19.6. The average Bonchev–Trinajstić information content (AvgIpc) is 3.26. The molecule has 0 aliphatic rings. The molecule has 3 aromatic rings. The lowest BCUT2D eigenvalue weighted by atomic mass is 10.3. The van der Waals surface area contributed by atoms with Crippen LogP contribution in [0.15, 0.2) is 47.3 Å². The molecule has 1 aromatic carbocycles. The van der Waals surface area contributed by atoms with Gasteiger partial charge in [0.05, 0.1) is 22.8 Å². The Morgan fingerprint density at radius 1 is 1.29 bits per heavy atom. The molecule has 0 saturated heterocycles. The van der Waals surface area contributed by atoms with Gasteiger partial charge < -0.3 is 10.6 Å². The van der Waals surface area contributed by atoms with Crippen LogP contribution in [0.4, 0.5) is 10.8 Å². The van der Waals surface area contributed by atoms with E-state index >= 15 is 0 Å². The van der Waals surface area contributed by atoms with Crippen LogP contribution >= 0.6 is 23.1 Å². The Morgan fingerprint density at radius 2 is 2.07 bits per heavy atom. The van der Waals surface area contributed by atoms with Crippen LogP contribution in [0.3, 0.4) is 0 Å². The summed E-state index contributed by atoms with van der Waals surface area (Å²) >= 11 is 2.99. The summed E-state index contributed by atoms with van der Waals surface area (Å²) in [5.74, 6) is 0.591. The van der Waals surface area contributed by atoms with E-state index < -0.39 is 0 Å². The summed E-state index contributed by atoms with van der Waals surface area (Å²) < 4.78 is 2.68. The van der Waals surface area contributed by atoms with E-state index in [1.807, 2.05) is 48.9 Å². The molecule has 0 aliphatic heterocycles. The van der Waals surface area contributed by atoms with Gasteiger partial charge in [-0.2, -0.15) is 5.10 Å². The number of anilines is 2. The Hall–Kier alpha value is -2.65. The van der Waals surface area contributed by atoms with Gasteiger partial charge in [0.25, 0.3) is 0 Å². The molecule has 0 spiro atoms. The molecule has 146 valence electrons. The molecule has 2 aromatic heterocycles. The topological polar surface area (TPSA) is 84.7 Å². The molecule has 0 saturated carbocycles. The van der Waals surface area contributed by atoms with E-state index in [0.717, 1.165) is 32.2 Å². The number of nitrogens with zero attached hydrogens (tertiary/aromatic N) is 4. The Morgan fingerprint density at radius 3 is 2.82 bits per heavy atom. The standard InChI is InChI=1S/C19H22N6OS2/c1-4-11-20-18-22-23-19(28-18)27-12-10-16(26)21-17-13(2)24-25(14(17)3)15-8-6-5-7-9-15/h4-9H,1,10-12H2,2-3H3,(H,20,22)(H,21,26). The van der Waals surface area contributed by atoms with E-state index in [1.165, 1.54) is 23.1 Å². The molecule has 1 amide bonds. The number of aryl methyl sites for hydroxylation is 1. The molecule has 3 rings (SSSR count). The van der Waals surface area contributed by atoms with Gasteiger partial charge in [0.2, 0.25) is 11.0 Å². The normalized spacial score (nSPS) is 10.6. The van der Waals surface area contributed by atoms with Crippen molar-refractivity contribution in [2.75, 3.05) is 22.9 Å². The van der Waals surface area contributed by atoms with Gasteiger partial charge in [0, 0.05) is 18.7 Å². The monoisotopic (exact) mass is 414 g/mol. The van der Waals surface area contributed by atoms with E-state index in [0.29, 0.717) is 18.7 Å². The second-order valence-electron chi connectivity index (χ2n) is 5.98. The first-order valence-electron chi connectivity index (χ1n) is 8.81. The van der Waals surface area contributed by atoms with Crippen molar-refractivity contribution in [1.29, 1.82) is 0 Å². The SMILES string of the molecule is C=CCNc1nnc(SCCC(=O)Nc2c(C)nn(-c3ccccc3)c2C)s1. The summed E-state index contributed by atoms with van der Waals surface area (Å²) in [7, 11) is 0. The zero-order chi connectivity index (χ0) is 19.9. The van der Waals surface area contributed by atoms with Crippen molar-refractivity contribution in [3.8, 4) is 5.69 Å². The van der Waals surface area contributed by atoms with Crippen LogP contribution in [0.25, 0.3) is 5.69 Å². The van der Waals surface area contributed by atoms with Gasteiger partial charge in [-0.15, -0.1) is 16.8 Å². The number of rotatable bonds is 9. The molecule has 0 atom stereocenters. The number of aromatic nitrogens is 4. The van der Waals surface area contributed by atoms with E-state index in [2.05, 4.69) is 32.5 Å². The van der Waals surface area contributed by atoms with E-state index in [-0.39, 0.29) is 5.91 Å². The van der Waals surface area contributed by atoms with Crippen LogP contribution in [0.5, 0.6) is 0 Å². The highest BCUT2D eigenvalue weighted by atomic mass is 32.2. The van der Waals surface area contributed by atoms with Crippen molar-refractivity contribution in [2.24, 2.45) is 0 Å². The minimum absolute atomic E-state index is 0.0409. The number of hydrogen-bond acceptors (Lipinski definition) is 7. The van der Waals surface area contributed by atoms with Gasteiger partial charge in [-0.25, -0.2) is 4.68 Å². The van der Waals surface area contributed by atoms with Gasteiger partial charge in [0.15, 0.2) is 4.34 Å². The third-order valence-electron chi connectivity index (χ3n) is 3.92. The summed E-state index contributed by atoms with van der Waals surface area (Å²) in [6, 6.07) is 9.87.